The normalized spacial score (nSPS) is 9.17. The molecule has 0 aliphatic heterocycles. The molecule has 0 rings (SSSR count). The van der Waals surface area contributed by atoms with Gasteiger partial charge in [0.15, 0.2) is 0 Å². The molecule has 12 heavy (non-hydrogen) atoms. The minimum atomic E-state index is -0.0702. The zero-order valence-corrected chi connectivity index (χ0v) is 7.81. The van der Waals surface area contributed by atoms with Crippen molar-refractivity contribution in [2.45, 2.75) is 32.6 Å². The van der Waals surface area contributed by atoms with Crippen LogP contribution in [0.1, 0.15) is 32.6 Å². The summed E-state index contributed by atoms with van der Waals surface area (Å²) in [5.74, 6) is 5.23. The lowest BCUT2D eigenvalue weighted by Crippen LogP contribution is -1.94. The monoisotopic (exact) mass is 170 g/mol. The molecule has 0 aromatic heterocycles. The molecule has 0 amide bonds. The maximum atomic E-state index is 8.31. The molecule has 0 aromatic carbocycles. The second-order valence-electron chi connectivity index (χ2n) is 2.62. The Bertz CT molecular complexity index is 133. The van der Waals surface area contributed by atoms with Gasteiger partial charge in [-0.2, -0.15) is 0 Å². The van der Waals surface area contributed by atoms with Crippen molar-refractivity contribution in [3.63, 3.8) is 0 Å². The van der Waals surface area contributed by atoms with Gasteiger partial charge in [0.25, 0.3) is 0 Å². The van der Waals surface area contributed by atoms with E-state index in [1.165, 1.54) is 19.3 Å². The molecule has 0 unspecified atom stereocenters. The molecule has 0 spiro atoms. The minimum absolute atomic E-state index is 0.0702. The van der Waals surface area contributed by atoms with Crippen LogP contribution >= 0.6 is 0 Å². The highest BCUT2D eigenvalue weighted by atomic mass is 16.5. The van der Waals surface area contributed by atoms with Gasteiger partial charge < -0.3 is 9.84 Å². The molecular weight excluding hydrogens is 152 g/mol. The van der Waals surface area contributed by atoms with E-state index in [-0.39, 0.29) is 6.61 Å². The summed E-state index contributed by atoms with van der Waals surface area (Å²) in [4.78, 5) is 0. The molecule has 0 aliphatic carbocycles. The van der Waals surface area contributed by atoms with E-state index in [0.717, 1.165) is 13.0 Å². The summed E-state index contributed by atoms with van der Waals surface area (Å²) in [6, 6.07) is 0. The van der Waals surface area contributed by atoms with Crippen LogP contribution < -0.4 is 0 Å². The lowest BCUT2D eigenvalue weighted by molar-refractivity contribution is 0.161. The lowest BCUT2D eigenvalue weighted by Gasteiger charge is -1.98. The fraction of sp³-hybridized carbons (Fsp3) is 0.800. The number of rotatable bonds is 6. The largest absolute Gasteiger partial charge is 0.384 e. The Morgan fingerprint density at radius 1 is 1.17 bits per heavy atom. The van der Waals surface area contributed by atoms with Crippen LogP contribution in [-0.4, -0.2) is 24.9 Å². The van der Waals surface area contributed by atoms with Crippen LogP contribution in [0.4, 0.5) is 0 Å². The molecule has 0 aromatic rings. The predicted octanol–water partition coefficient (Wildman–Crippen LogP) is 1.58. The quantitative estimate of drug-likeness (QED) is 0.484. The molecule has 70 valence electrons. The minimum Gasteiger partial charge on any atom is -0.384 e. The highest BCUT2D eigenvalue weighted by Crippen LogP contribution is 1.98. The van der Waals surface area contributed by atoms with Crippen molar-refractivity contribution in [2.75, 3.05) is 19.8 Å². The molecule has 0 saturated carbocycles. The predicted molar refractivity (Wildman–Crippen MR) is 49.8 cm³/mol. The van der Waals surface area contributed by atoms with Crippen molar-refractivity contribution in [2.24, 2.45) is 0 Å². The van der Waals surface area contributed by atoms with Crippen LogP contribution in [0.3, 0.4) is 0 Å². The average molecular weight is 170 g/mol. The fourth-order valence-corrected chi connectivity index (χ4v) is 0.861. The third-order valence-corrected chi connectivity index (χ3v) is 1.52. The number of unbranched alkanes of at least 4 members (excludes halogenated alkanes) is 3. The number of hydrogen-bond acceptors (Lipinski definition) is 2. The van der Waals surface area contributed by atoms with Gasteiger partial charge in [-0.15, -0.1) is 0 Å². The van der Waals surface area contributed by atoms with E-state index in [9.17, 15) is 0 Å². The first-order valence-electron chi connectivity index (χ1n) is 4.56. The molecule has 0 radical (unpaired) electrons. The van der Waals surface area contributed by atoms with E-state index in [0.29, 0.717) is 6.61 Å². The highest BCUT2D eigenvalue weighted by Gasteiger charge is 1.86. The SMILES string of the molecule is CCCCCCOCC#CCO. The first-order chi connectivity index (χ1) is 5.91. The van der Waals surface area contributed by atoms with Crippen LogP contribution in [0, 0.1) is 11.8 Å². The van der Waals surface area contributed by atoms with E-state index in [1.807, 2.05) is 0 Å². The van der Waals surface area contributed by atoms with Crippen molar-refractivity contribution in [3.8, 4) is 11.8 Å². The lowest BCUT2D eigenvalue weighted by atomic mass is 10.2. The van der Waals surface area contributed by atoms with E-state index in [4.69, 9.17) is 9.84 Å². The summed E-state index contributed by atoms with van der Waals surface area (Å²) < 4.78 is 5.20. The van der Waals surface area contributed by atoms with Crippen LogP contribution in [0.25, 0.3) is 0 Å². The average Bonchev–Trinajstić information content (AvgIpc) is 2.10. The third kappa shape index (κ3) is 9.48. The van der Waals surface area contributed by atoms with Crippen molar-refractivity contribution in [1.82, 2.24) is 0 Å². The molecule has 2 heteroatoms. The second-order valence-corrected chi connectivity index (χ2v) is 2.62. The van der Waals surface area contributed by atoms with Crippen LogP contribution in [0.2, 0.25) is 0 Å². The molecule has 0 aliphatic rings. The van der Waals surface area contributed by atoms with Crippen molar-refractivity contribution in [1.29, 1.82) is 0 Å². The first kappa shape index (κ1) is 11.5. The Morgan fingerprint density at radius 3 is 2.67 bits per heavy atom. The van der Waals surface area contributed by atoms with Crippen LogP contribution in [0.5, 0.6) is 0 Å². The summed E-state index contributed by atoms with van der Waals surface area (Å²) in [6.45, 7) is 3.36. The molecule has 0 heterocycles. The Labute approximate surface area is 74.9 Å². The topological polar surface area (TPSA) is 29.5 Å². The van der Waals surface area contributed by atoms with Gasteiger partial charge in [0, 0.05) is 6.61 Å². The molecule has 0 fully saturated rings. The zero-order chi connectivity index (χ0) is 9.07. The molecule has 1 N–H and O–H groups in total. The third-order valence-electron chi connectivity index (χ3n) is 1.52. The van der Waals surface area contributed by atoms with Gasteiger partial charge in [0.05, 0.1) is 0 Å². The summed E-state index contributed by atoms with van der Waals surface area (Å²) >= 11 is 0. The molecule has 0 atom stereocenters. The maximum Gasteiger partial charge on any atom is 0.107 e. The van der Waals surface area contributed by atoms with E-state index in [1.54, 1.807) is 0 Å². The van der Waals surface area contributed by atoms with Gasteiger partial charge in [0.1, 0.15) is 13.2 Å². The number of aliphatic hydroxyl groups excluding tert-OH is 1. The smallest absolute Gasteiger partial charge is 0.107 e. The molecule has 2 nitrogen and oxygen atoms in total. The van der Waals surface area contributed by atoms with Gasteiger partial charge in [-0.05, 0) is 6.42 Å². The number of ether oxygens (including phenoxy) is 1. The molecule has 0 bridgehead atoms. The van der Waals surface area contributed by atoms with Crippen LogP contribution in [0.15, 0.2) is 0 Å². The summed E-state index contributed by atoms with van der Waals surface area (Å²) in [5, 5.41) is 8.31. The fourth-order valence-electron chi connectivity index (χ4n) is 0.861. The van der Waals surface area contributed by atoms with Crippen molar-refractivity contribution in [3.05, 3.63) is 0 Å². The number of hydrogen-bond donors (Lipinski definition) is 1. The Hall–Kier alpha value is -0.520. The molecular formula is C10H18O2. The van der Waals surface area contributed by atoms with E-state index >= 15 is 0 Å². The summed E-state index contributed by atoms with van der Waals surface area (Å²) in [7, 11) is 0. The second kappa shape index (κ2) is 10.5. The van der Waals surface area contributed by atoms with E-state index in [2.05, 4.69) is 18.8 Å². The van der Waals surface area contributed by atoms with Gasteiger partial charge in [-0.1, -0.05) is 38.0 Å². The molecule has 0 saturated heterocycles. The van der Waals surface area contributed by atoms with Crippen molar-refractivity contribution >= 4 is 0 Å². The highest BCUT2D eigenvalue weighted by molar-refractivity contribution is 4.98. The Balaban J connectivity index is 2.91. The standard InChI is InChI=1S/C10H18O2/c1-2-3-4-6-9-12-10-7-5-8-11/h11H,2-4,6,8-10H2,1H3. The Kier molecular flexibility index (Phi) is 10.0. The van der Waals surface area contributed by atoms with Gasteiger partial charge in [-0.25, -0.2) is 0 Å². The van der Waals surface area contributed by atoms with Gasteiger partial charge in [-0.3, -0.25) is 0 Å². The summed E-state index contributed by atoms with van der Waals surface area (Å²) in [6.07, 6.45) is 4.90. The van der Waals surface area contributed by atoms with Gasteiger partial charge >= 0.3 is 0 Å². The van der Waals surface area contributed by atoms with Crippen molar-refractivity contribution < 1.29 is 9.84 Å². The number of aliphatic hydroxyl groups is 1. The van der Waals surface area contributed by atoms with E-state index < -0.39 is 0 Å². The van der Waals surface area contributed by atoms with Gasteiger partial charge in [0.2, 0.25) is 0 Å². The Morgan fingerprint density at radius 2 is 2.00 bits per heavy atom. The first-order valence-corrected chi connectivity index (χ1v) is 4.56. The maximum absolute atomic E-state index is 8.31. The summed E-state index contributed by atoms with van der Waals surface area (Å²) in [5.41, 5.74) is 0. The van der Waals surface area contributed by atoms with Crippen LogP contribution in [-0.2, 0) is 4.74 Å². The zero-order valence-electron chi connectivity index (χ0n) is 7.81.